The lowest BCUT2D eigenvalue weighted by Crippen LogP contribution is -2.43. The molecule has 1 amide bonds. The van der Waals surface area contributed by atoms with Crippen molar-refractivity contribution < 1.29 is 13.6 Å². The Balaban J connectivity index is 2.20. The number of rotatable bonds is 3. The van der Waals surface area contributed by atoms with Gasteiger partial charge in [-0.25, -0.2) is 13.8 Å². The van der Waals surface area contributed by atoms with Crippen molar-refractivity contribution in [3.63, 3.8) is 0 Å². The van der Waals surface area contributed by atoms with Crippen molar-refractivity contribution in [2.24, 2.45) is 4.99 Å². The monoisotopic (exact) mass is 266 g/mol. The first-order valence-corrected chi connectivity index (χ1v) is 6.21. The third kappa shape index (κ3) is 3.23. The van der Waals surface area contributed by atoms with Crippen LogP contribution in [0, 0.1) is 0 Å². The highest BCUT2D eigenvalue weighted by Gasteiger charge is 2.38. The summed E-state index contributed by atoms with van der Waals surface area (Å²) in [5, 5.41) is 0. The topological polar surface area (TPSA) is 32.7 Å². The lowest BCUT2D eigenvalue weighted by atomic mass is 9.99. The molecular weight excluding hydrogens is 250 g/mol. The molecule has 3 nitrogen and oxygen atoms in total. The minimum Gasteiger partial charge on any atom is -0.288 e. The summed E-state index contributed by atoms with van der Waals surface area (Å²) < 4.78 is 26.4. The zero-order chi connectivity index (χ0) is 13.9. The Morgan fingerprint density at radius 2 is 1.84 bits per heavy atom. The van der Waals surface area contributed by atoms with Crippen LogP contribution in [0.5, 0.6) is 0 Å². The molecule has 102 valence electrons. The first kappa shape index (κ1) is 13.8. The lowest BCUT2D eigenvalue weighted by molar-refractivity contribution is -0.126. The van der Waals surface area contributed by atoms with Crippen LogP contribution in [0.15, 0.2) is 35.3 Å². The molecule has 1 unspecified atom stereocenters. The van der Waals surface area contributed by atoms with E-state index in [4.69, 9.17) is 0 Å². The van der Waals surface area contributed by atoms with Crippen LogP contribution in [-0.2, 0) is 4.79 Å². The molecule has 1 saturated heterocycles. The molecule has 2 rings (SSSR count). The first-order chi connectivity index (χ1) is 9.03. The molecule has 0 aliphatic carbocycles. The number of piperidine rings is 1. The average molecular weight is 266 g/mol. The molecule has 1 atom stereocenters. The SMILES string of the molecule is C=NC(=O)C(c1ccccc1)N1CCC(F)(F)CC1. The number of hydrogen-bond donors (Lipinski definition) is 0. The standard InChI is InChI=1S/C14H16F2N2O/c1-17-13(19)12(11-5-3-2-4-6-11)18-9-7-14(15,16)8-10-18/h2-6,12H,1,7-10H2. The van der Waals surface area contributed by atoms with Crippen molar-refractivity contribution in [2.45, 2.75) is 24.8 Å². The second kappa shape index (κ2) is 5.57. The fourth-order valence-corrected chi connectivity index (χ4v) is 2.34. The van der Waals surface area contributed by atoms with Crippen LogP contribution in [0.1, 0.15) is 24.4 Å². The predicted octanol–water partition coefficient (Wildman–Crippen LogP) is 2.69. The third-order valence-electron chi connectivity index (χ3n) is 3.40. The van der Waals surface area contributed by atoms with Crippen molar-refractivity contribution in [2.75, 3.05) is 13.1 Å². The van der Waals surface area contributed by atoms with Crippen LogP contribution >= 0.6 is 0 Å². The van der Waals surface area contributed by atoms with Gasteiger partial charge in [0.15, 0.2) is 0 Å². The lowest BCUT2D eigenvalue weighted by Gasteiger charge is -2.36. The van der Waals surface area contributed by atoms with Gasteiger partial charge in [-0.2, -0.15) is 0 Å². The van der Waals surface area contributed by atoms with Crippen LogP contribution in [0.4, 0.5) is 8.78 Å². The minimum atomic E-state index is -2.62. The maximum atomic E-state index is 13.2. The number of aliphatic imine (C=N–C) groups is 1. The maximum absolute atomic E-state index is 13.2. The van der Waals surface area contributed by atoms with Gasteiger partial charge in [0.1, 0.15) is 6.04 Å². The molecule has 0 spiro atoms. The molecular formula is C14H16F2N2O. The molecule has 19 heavy (non-hydrogen) atoms. The number of hydrogen-bond acceptors (Lipinski definition) is 2. The van der Waals surface area contributed by atoms with Gasteiger partial charge in [0.25, 0.3) is 11.8 Å². The second-order valence-electron chi connectivity index (χ2n) is 4.70. The van der Waals surface area contributed by atoms with Crippen molar-refractivity contribution in [3.8, 4) is 0 Å². The highest BCUT2D eigenvalue weighted by molar-refractivity contribution is 5.86. The van der Waals surface area contributed by atoms with E-state index in [0.29, 0.717) is 0 Å². The number of alkyl halides is 2. The minimum absolute atomic E-state index is 0.188. The van der Waals surface area contributed by atoms with Crippen molar-refractivity contribution in [1.29, 1.82) is 0 Å². The van der Waals surface area contributed by atoms with Gasteiger partial charge < -0.3 is 0 Å². The van der Waals surface area contributed by atoms with Gasteiger partial charge in [-0.3, -0.25) is 9.69 Å². The van der Waals surface area contributed by atoms with E-state index in [1.807, 2.05) is 18.2 Å². The van der Waals surface area contributed by atoms with Gasteiger partial charge in [0, 0.05) is 25.9 Å². The molecule has 0 radical (unpaired) electrons. The van der Waals surface area contributed by atoms with Crippen molar-refractivity contribution in [3.05, 3.63) is 35.9 Å². The molecule has 0 bridgehead atoms. The zero-order valence-corrected chi connectivity index (χ0v) is 10.6. The Hall–Kier alpha value is -1.62. The Morgan fingerprint density at radius 3 is 2.37 bits per heavy atom. The van der Waals surface area contributed by atoms with E-state index < -0.39 is 17.9 Å². The Morgan fingerprint density at radius 1 is 1.26 bits per heavy atom. The third-order valence-corrected chi connectivity index (χ3v) is 3.40. The van der Waals surface area contributed by atoms with Gasteiger partial charge in [0.2, 0.25) is 0 Å². The summed E-state index contributed by atoms with van der Waals surface area (Å²) in [7, 11) is 0. The van der Waals surface area contributed by atoms with E-state index in [1.54, 1.807) is 17.0 Å². The normalized spacial score (nSPS) is 20.7. The Bertz CT molecular complexity index is 452. The smallest absolute Gasteiger partial charge is 0.266 e. The molecule has 0 saturated carbocycles. The molecule has 1 aromatic rings. The fraction of sp³-hybridized carbons (Fsp3) is 0.429. The highest BCUT2D eigenvalue weighted by atomic mass is 19.3. The summed E-state index contributed by atoms with van der Waals surface area (Å²) in [6.45, 7) is 3.63. The molecule has 1 fully saturated rings. The number of amides is 1. The summed E-state index contributed by atoms with van der Waals surface area (Å²) in [6.07, 6.45) is -0.443. The van der Waals surface area contributed by atoms with Gasteiger partial charge in [-0.1, -0.05) is 30.3 Å². The Labute approximate surface area is 110 Å². The van der Waals surface area contributed by atoms with E-state index >= 15 is 0 Å². The summed E-state index contributed by atoms with van der Waals surface area (Å²) in [5.74, 6) is -3.01. The summed E-state index contributed by atoms with van der Waals surface area (Å²) >= 11 is 0. The van der Waals surface area contributed by atoms with Crippen LogP contribution < -0.4 is 0 Å². The van der Waals surface area contributed by atoms with Crippen molar-refractivity contribution >= 4 is 12.6 Å². The van der Waals surface area contributed by atoms with Crippen LogP contribution in [-0.4, -0.2) is 36.5 Å². The summed E-state index contributed by atoms with van der Waals surface area (Å²) in [5.41, 5.74) is 0.769. The molecule has 1 aliphatic rings. The molecule has 1 aliphatic heterocycles. The molecule has 0 aromatic heterocycles. The van der Waals surface area contributed by atoms with Gasteiger partial charge in [0.05, 0.1) is 0 Å². The number of likely N-dealkylation sites (tertiary alicyclic amines) is 1. The van der Waals surface area contributed by atoms with Crippen LogP contribution in [0.2, 0.25) is 0 Å². The quantitative estimate of drug-likeness (QED) is 0.788. The predicted molar refractivity (Wildman–Crippen MR) is 69.5 cm³/mol. The second-order valence-corrected chi connectivity index (χ2v) is 4.70. The van der Waals surface area contributed by atoms with E-state index in [-0.39, 0.29) is 25.9 Å². The van der Waals surface area contributed by atoms with Gasteiger partial charge >= 0.3 is 0 Å². The number of carbonyl (C=O) groups excluding carboxylic acids is 1. The van der Waals surface area contributed by atoms with E-state index in [0.717, 1.165) is 5.56 Å². The number of nitrogens with zero attached hydrogens (tertiary/aromatic N) is 2. The highest BCUT2D eigenvalue weighted by Crippen LogP contribution is 2.32. The zero-order valence-electron chi connectivity index (χ0n) is 10.6. The summed E-state index contributed by atoms with van der Waals surface area (Å²) in [4.78, 5) is 17.1. The number of halogens is 2. The number of carbonyl (C=O) groups is 1. The molecule has 1 aromatic carbocycles. The molecule has 1 heterocycles. The Kier molecular flexibility index (Phi) is 4.04. The first-order valence-electron chi connectivity index (χ1n) is 6.21. The summed E-state index contributed by atoms with van der Waals surface area (Å²) in [6, 6.07) is 8.49. The van der Waals surface area contributed by atoms with Gasteiger partial charge in [-0.15, -0.1) is 0 Å². The van der Waals surface area contributed by atoms with E-state index in [1.165, 1.54) is 0 Å². The van der Waals surface area contributed by atoms with Crippen LogP contribution in [0.25, 0.3) is 0 Å². The number of benzene rings is 1. The fourth-order valence-electron chi connectivity index (χ4n) is 2.34. The van der Waals surface area contributed by atoms with Crippen LogP contribution in [0.3, 0.4) is 0 Å². The molecule has 0 N–H and O–H groups in total. The van der Waals surface area contributed by atoms with Gasteiger partial charge in [-0.05, 0) is 12.3 Å². The van der Waals surface area contributed by atoms with E-state index in [2.05, 4.69) is 11.7 Å². The largest absolute Gasteiger partial charge is 0.288 e. The maximum Gasteiger partial charge on any atom is 0.266 e. The van der Waals surface area contributed by atoms with Crippen molar-refractivity contribution in [1.82, 2.24) is 4.90 Å². The molecule has 5 heteroatoms. The average Bonchev–Trinajstić information content (AvgIpc) is 2.42. The van der Waals surface area contributed by atoms with E-state index in [9.17, 15) is 13.6 Å².